The topological polar surface area (TPSA) is 23.9 Å². The van der Waals surface area contributed by atoms with Gasteiger partial charge in [-0.05, 0) is 30.7 Å². The van der Waals surface area contributed by atoms with Crippen LogP contribution in [0.5, 0.6) is 0 Å². The Hall–Kier alpha value is -1.12. The molecule has 0 saturated carbocycles. The smallest absolute Gasteiger partial charge is 0.0406 e. The third-order valence-electron chi connectivity index (χ3n) is 2.16. The van der Waals surface area contributed by atoms with E-state index in [1.54, 1.807) is 18.3 Å². The molecular weight excluding hydrogens is 226 g/mol. The van der Waals surface area contributed by atoms with Crippen molar-refractivity contribution >= 4 is 28.6 Å². The average molecular weight is 236 g/mol. The van der Waals surface area contributed by atoms with Crippen molar-refractivity contribution in [1.29, 1.82) is 5.41 Å². The maximum absolute atomic E-state index is 7.53. The first-order valence-corrected chi connectivity index (χ1v) is 5.82. The van der Waals surface area contributed by atoms with E-state index < -0.39 is 0 Å². The van der Waals surface area contributed by atoms with Gasteiger partial charge in [-0.1, -0.05) is 23.7 Å². The van der Waals surface area contributed by atoms with Gasteiger partial charge in [0.05, 0.1) is 0 Å². The van der Waals surface area contributed by atoms with Gasteiger partial charge in [-0.15, -0.1) is 11.3 Å². The first-order valence-electron chi connectivity index (χ1n) is 4.57. The van der Waals surface area contributed by atoms with E-state index in [4.69, 9.17) is 17.0 Å². The van der Waals surface area contributed by atoms with Crippen molar-refractivity contribution in [3.05, 3.63) is 46.3 Å². The van der Waals surface area contributed by atoms with Gasteiger partial charge in [0.15, 0.2) is 0 Å². The van der Waals surface area contributed by atoms with E-state index in [1.165, 1.54) is 4.88 Å². The minimum absolute atomic E-state index is 0.603. The van der Waals surface area contributed by atoms with Crippen LogP contribution in [0.4, 0.5) is 0 Å². The number of nitrogens with one attached hydrogen (secondary N) is 1. The van der Waals surface area contributed by atoms with Crippen LogP contribution >= 0.6 is 22.9 Å². The van der Waals surface area contributed by atoms with Gasteiger partial charge in [-0.3, -0.25) is 0 Å². The van der Waals surface area contributed by atoms with Crippen LogP contribution in [0.2, 0.25) is 5.02 Å². The highest BCUT2D eigenvalue weighted by Crippen LogP contribution is 2.28. The summed E-state index contributed by atoms with van der Waals surface area (Å²) in [5.74, 6) is 0. The highest BCUT2D eigenvalue weighted by molar-refractivity contribution is 7.13. The number of thiophene rings is 1. The van der Waals surface area contributed by atoms with Crippen molar-refractivity contribution < 1.29 is 0 Å². The standard InChI is InChI=1S/C12H10ClNS/c1-8(14)10-6-12(15-7-10)9-2-4-11(13)5-3-9/h2-7,14H,1H3. The Bertz CT molecular complexity index is 485. The van der Waals surface area contributed by atoms with E-state index in [2.05, 4.69) is 0 Å². The van der Waals surface area contributed by atoms with Gasteiger partial charge in [-0.25, -0.2) is 0 Å². The molecule has 0 bridgehead atoms. The van der Waals surface area contributed by atoms with Crippen LogP contribution in [0.1, 0.15) is 12.5 Å². The van der Waals surface area contributed by atoms with E-state index in [1.807, 2.05) is 35.7 Å². The Kier molecular flexibility index (Phi) is 2.89. The van der Waals surface area contributed by atoms with E-state index in [-0.39, 0.29) is 0 Å². The van der Waals surface area contributed by atoms with Crippen LogP contribution in [0.3, 0.4) is 0 Å². The van der Waals surface area contributed by atoms with Crippen LogP contribution in [-0.4, -0.2) is 5.71 Å². The van der Waals surface area contributed by atoms with E-state index in [9.17, 15) is 0 Å². The number of hydrogen-bond donors (Lipinski definition) is 1. The molecule has 1 heterocycles. The van der Waals surface area contributed by atoms with Gasteiger partial charge >= 0.3 is 0 Å². The predicted molar refractivity (Wildman–Crippen MR) is 67.3 cm³/mol. The molecule has 1 aromatic carbocycles. The highest BCUT2D eigenvalue weighted by Gasteiger charge is 2.03. The number of hydrogen-bond acceptors (Lipinski definition) is 2. The molecule has 1 aromatic heterocycles. The zero-order chi connectivity index (χ0) is 10.8. The summed E-state index contributed by atoms with van der Waals surface area (Å²) < 4.78 is 0. The second-order valence-corrected chi connectivity index (χ2v) is 4.68. The van der Waals surface area contributed by atoms with Crippen molar-refractivity contribution in [2.45, 2.75) is 6.92 Å². The largest absolute Gasteiger partial charge is 0.305 e. The summed E-state index contributed by atoms with van der Waals surface area (Å²) in [6, 6.07) is 9.80. The summed E-state index contributed by atoms with van der Waals surface area (Å²) in [5.41, 5.74) is 2.74. The Morgan fingerprint density at radius 1 is 1.27 bits per heavy atom. The van der Waals surface area contributed by atoms with Crippen molar-refractivity contribution in [3.8, 4) is 10.4 Å². The Balaban J connectivity index is 2.37. The van der Waals surface area contributed by atoms with Crippen LogP contribution in [0, 0.1) is 5.41 Å². The monoisotopic (exact) mass is 235 g/mol. The SMILES string of the molecule is CC(=N)c1csc(-c2ccc(Cl)cc2)c1. The fraction of sp³-hybridized carbons (Fsp3) is 0.0833. The summed E-state index contributed by atoms with van der Waals surface area (Å²) in [5, 5.41) is 10.3. The first-order chi connectivity index (χ1) is 7.16. The fourth-order valence-electron chi connectivity index (χ4n) is 1.30. The molecule has 0 aliphatic carbocycles. The van der Waals surface area contributed by atoms with Gasteiger partial charge < -0.3 is 5.41 Å². The molecule has 0 amide bonds. The Labute approximate surface area is 97.8 Å². The zero-order valence-corrected chi connectivity index (χ0v) is 9.82. The summed E-state index contributed by atoms with van der Waals surface area (Å²) in [6.07, 6.45) is 0. The molecule has 0 saturated heterocycles. The van der Waals surface area contributed by atoms with Gasteiger partial charge in [0.1, 0.15) is 0 Å². The van der Waals surface area contributed by atoms with E-state index in [0.717, 1.165) is 16.1 Å². The maximum atomic E-state index is 7.53. The maximum Gasteiger partial charge on any atom is 0.0406 e. The first kappa shape index (κ1) is 10.4. The molecule has 0 unspecified atom stereocenters. The summed E-state index contributed by atoms with van der Waals surface area (Å²) in [4.78, 5) is 1.17. The summed E-state index contributed by atoms with van der Waals surface area (Å²) >= 11 is 7.48. The van der Waals surface area contributed by atoms with Crippen LogP contribution in [-0.2, 0) is 0 Å². The highest BCUT2D eigenvalue weighted by atomic mass is 35.5. The fourth-order valence-corrected chi connectivity index (χ4v) is 2.39. The molecule has 3 heteroatoms. The molecule has 2 aromatic rings. The average Bonchev–Trinajstić information content (AvgIpc) is 2.68. The molecule has 1 N–H and O–H groups in total. The molecule has 0 aliphatic heterocycles. The lowest BCUT2D eigenvalue weighted by Gasteiger charge is -1.96. The third kappa shape index (κ3) is 2.28. The molecule has 0 spiro atoms. The summed E-state index contributed by atoms with van der Waals surface area (Å²) in [7, 11) is 0. The number of halogens is 1. The zero-order valence-electron chi connectivity index (χ0n) is 8.25. The molecular formula is C12H10ClNS. The van der Waals surface area contributed by atoms with Crippen LogP contribution in [0.25, 0.3) is 10.4 Å². The van der Waals surface area contributed by atoms with Gasteiger partial charge in [0, 0.05) is 26.6 Å². The second kappa shape index (κ2) is 4.17. The minimum Gasteiger partial charge on any atom is -0.305 e. The van der Waals surface area contributed by atoms with E-state index in [0.29, 0.717) is 5.71 Å². The van der Waals surface area contributed by atoms with Crippen molar-refractivity contribution in [2.24, 2.45) is 0 Å². The third-order valence-corrected chi connectivity index (χ3v) is 3.39. The molecule has 0 radical (unpaired) electrons. The minimum atomic E-state index is 0.603. The Morgan fingerprint density at radius 3 is 2.47 bits per heavy atom. The van der Waals surface area contributed by atoms with E-state index >= 15 is 0 Å². The molecule has 0 aliphatic rings. The number of rotatable bonds is 2. The molecule has 0 atom stereocenters. The van der Waals surface area contributed by atoms with Crippen molar-refractivity contribution in [2.75, 3.05) is 0 Å². The van der Waals surface area contributed by atoms with Crippen LogP contribution in [0.15, 0.2) is 35.7 Å². The Morgan fingerprint density at radius 2 is 1.93 bits per heavy atom. The molecule has 15 heavy (non-hydrogen) atoms. The van der Waals surface area contributed by atoms with Crippen molar-refractivity contribution in [1.82, 2.24) is 0 Å². The molecule has 2 rings (SSSR count). The lowest BCUT2D eigenvalue weighted by Crippen LogP contribution is -1.86. The molecule has 0 fully saturated rings. The van der Waals surface area contributed by atoms with Crippen LogP contribution < -0.4 is 0 Å². The van der Waals surface area contributed by atoms with Gasteiger partial charge in [-0.2, -0.15) is 0 Å². The molecule has 76 valence electrons. The summed E-state index contributed by atoms with van der Waals surface area (Å²) in [6.45, 7) is 1.80. The lowest BCUT2D eigenvalue weighted by atomic mass is 10.1. The second-order valence-electron chi connectivity index (χ2n) is 3.33. The lowest BCUT2D eigenvalue weighted by molar-refractivity contribution is 1.47. The number of benzene rings is 1. The quantitative estimate of drug-likeness (QED) is 0.744. The predicted octanol–water partition coefficient (Wildman–Crippen LogP) is 4.46. The van der Waals surface area contributed by atoms with Gasteiger partial charge in [0.25, 0.3) is 0 Å². The van der Waals surface area contributed by atoms with Gasteiger partial charge in [0.2, 0.25) is 0 Å². The molecule has 1 nitrogen and oxygen atoms in total. The van der Waals surface area contributed by atoms with Crippen molar-refractivity contribution in [3.63, 3.8) is 0 Å². The normalized spacial score (nSPS) is 10.3.